The van der Waals surface area contributed by atoms with Crippen LogP contribution in [-0.4, -0.2) is 120 Å². The molecule has 0 saturated carbocycles. The maximum atomic E-state index is 12.4. The summed E-state index contributed by atoms with van der Waals surface area (Å²) >= 11 is 0. The molecule has 0 aliphatic heterocycles. The van der Waals surface area contributed by atoms with Gasteiger partial charge >= 0.3 is 53.7 Å². The number of esters is 9. The Hall–Kier alpha value is -4.81. The second-order valence-electron chi connectivity index (χ2n) is 14.6. The second kappa shape index (κ2) is 27.0. The van der Waals surface area contributed by atoms with Crippen LogP contribution in [0.25, 0.3) is 0 Å². The van der Waals surface area contributed by atoms with Gasteiger partial charge in [0.05, 0.1) is 12.2 Å². The molecule has 0 aromatic heterocycles. The van der Waals surface area contributed by atoms with Gasteiger partial charge in [-0.15, -0.1) is 0 Å². The van der Waals surface area contributed by atoms with E-state index in [-0.39, 0.29) is 64.4 Å². The molecule has 0 aromatic rings. The van der Waals surface area contributed by atoms with Gasteiger partial charge in [-0.3, -0.25) is 43.2 Å². The minimum absolute atomic E-state index is 0.0246. The van der Waals surface area contributed by atoms with E-state index >= 15 is 0 Å². The van der Waals surface area contributed by atoms with Crippen LogP contribution in [-0.2, 0) is 85.8 Å². The minimum atomic E-state index is -1.28. The van der Waals surface area contributed by atoms with Crippen LogP contribution in [0, 0.1) is 0 Å². The number of rotatable bonds is 27. The van der Waals surface area contributed by atoms with Gasteiger partial charge in [0, 0.05) is 120 Å². The monoisotopic (exact) mass is 834 g/mol. The molecule has 8 atom stereocenters. The zero-order valence-electron chi connectivity index (χ0n) is 35.5. The zero-order chi connectivity index (χ0) is 44.7. The maximum absolute atomic E-state index is 12.4. The first kappa shape index (κ1) is 53.2. The fraction of sp³-hybridized carbons (Fsp3) is 0.769. The van der Waals surface area contributed by atoms with Crippen molar-refractivity contribution < 1.29 is 90.9 Å². The van der Waals surface area contributed by atoms with Gasteiger partial charge in [-0.25, -0.2) is 0 Å². The molecule has 8 unspecified atom stereocenters. The Labute approximate surface area is 339 Å². The summed E-state index contributed by atoms with van der Waals surface area (Å²) in [5, 5.41) is 10.4. The van der Waals surface area contributed by atoms with Gasteiger partial charge in [0.25, 0.3) is 0 Å². The maximum Gasteiger partial charge on any atom is 0.302 e. The predicted octanol–water partition coefficient (Wildman–Crippen LogP) is 3.28. The van der Waals surface area contributed by atoms with Crippen molar-refractivity contribution in [1.29, 1.82) is 0 Å². The van der Waals surface area contributed by atoms with Gasteiger partial charge in [0.15, 0.2) is 0 Å². The molecule has 332 valence electrons. The highest BCUT2D eigenvalue weighted by Gasteiger charge is 2.35. The van der Waals surface area contributed by atoms with Crippen LogP contribution in [0.5, 0.6) is 0 Å². The van der Waals surface area contributed by atoms with Crippen molar-refractivity contribution in [2.75, 3.05) is 6.61 Å². The van der Waals surface area contributed by atoms with Crippen molar-refractivity contribution in [3.63, 3.8) is 0 Å². The fourth-order valence-corrected chi connectivity index (χ4v) is 6.37. The molecule has 0 aliphatic rings. The van der Waals surface area contributed by atoms with E-state index in [4.69, 9.17) is 42.6 Å². The lowest BCUT2D eigenvalue weighted by molar-refractivity contribution is -0.161. The third-order valence-electron chi connectivity index (χ3n) is 7.81. The number of hydrogen-bond acceptors (Lipinski definition) is 19. The molecule has 0 spiro atoms. The lowest BCUT2D eigenvalue weighted by Crippen LogP contribution is -2.38. The van der Waals surface area contributed by atoms with Crippen LogP contribution >= 0.6 is 0 Å². The van der Waals surface area contributed by atoms with Crippen molar-refractivity contribution in [1.82, 2.24) is 0 Å². The Morgan fingerprint density at radius 1 is 0.362 bits per heavy atom. The normalized spacial score (nSPS) is 15.3. The lowest BCUT2D eigenvalue weighted by atomic mass is 9.93. The van der Waals surface area contributed by atoms with Crippen molar-refractivity contribution in [2.45, 2.75) is 188 Å². The van der Waals surface area contributed by atoms with Crippen LogP contribution < -0.4 is 0 Å². The molecular weight excluding hydrogens is 772 g/mol. The third-order valence-corrected chi connectivity index (χ3v) is 7.81. The molecule has 0 saturated heterocycles. The van der Waals surface area contributed by atoms with Crippen molar-refractivity contribution in [2.24, 2.45) is 0 Å². The van der Waals surface area contributed by atoms with Gasteiger partial charge in [-0.2, -0.15) is 0 Å². The third kappa shape index (κ3) is 29.4. The number of ether oxygens (including phenoxy) is 9. The van der Waals surface area contributed by atoms with Crippen molar-refractivity contribution in [3.8, 4) is 0 Å². The van der Waals surface area contributed by atoms with Gasteiger partial charge in [0.2, 0.25) is 0 Å². The Morgan fingerprint density at radius 2 is 0.569 bits per heavy atom. The van der Waals surface area contributed by atoms with E-state index in [1.807, 2.05) is 0 Å². The highest BCUT2D eigenvalue weighted by atomic mass is 16.6. The fourth-order valence-electron chi connectivity index (χ4n) is 6.37. The van der Waals surface area contributed by atoms with Crippen LogP contribution in [0.3, 0.4) is 0 Å². The van der Waals surface area contributed by atoms with Crippen LogP contribution in [0.2, 0.25) is 0 Å². The minimum Gasteiger partial charge on any atom is -0.466 e. The zero-order valence-corrected chi connectivity index (χ0v) is 35.5. The Bertz CT molecular complexity index is 1380. The SMILES string of the molecule is CC(=O)OCCC(CC(CC(CC(CC(CC(CC(CC(CC(C)(C)O)OC(C)=O)OC(C)=O)OC(C)=O)OC(C)=O)OC(C)=O)OC(C)=O)OC(C)=O)OC(C)=O. The van der Waals surface area contributed by atoms with Gasteiger partial charge in [-0.05, 0) is 13.8 Å². The highest BCUT2D eigenvalue weighted by Crippen LogP contribution is 2.27. The Morgan fingerprint density at radius 3 is 0.793 bits per heavy atom. The summed E-state index contributed by atoms with van der Waals surface area (Å²) in [6.45, 7) is 13.3. The van der Waals surface area contributed by atoms with Crippen LogP contribution in [0.1, 0.15) is 134 Å². The largest absolute Gasteiger partial charge is 0.466 e. The summed E-state index contributed by atoms with van der Waals surface area (Å²) < 4.78 is 49.0. The van der Waals surface area contributed by atoms with Crippen LogP contribution in [0.4, 0.5) is 0 Å². The molecule has 58 heavy (non-hydrogen) atoms. The topological polar surface area (TPSA) is 257 Å². The smallest absolute Gasteiger partial charge is 0.302 e. The van der Waals surface area contributed by atoms with E-state index in [9.17, 15) is 48.3 Å². The number of hydrogen-bond donors (Lipinski definition) is 1. The second-order valence-corrected chi connectivity index (χ2v) is 14.6. The summed E-state index contributed by atoms with van der Waals surface area (Å²) in [7, 11) is 0. The summed E-state index contributed by atoms with van der Waals surface area (Å²) in [4.78, 5) is 109. The summed E-state index contributed by atoms with van der Waals surface area (Å²) in [5.41, 5.74) is -1.28. The van der Waals surface area contributed by atoms with Crippen LogP contribution in [0.15, 0.2) is 0 Å². The first-order chi connectivity index (χ1) is 26.7. The Balaban J connectivity index is 6.65. The van der Waals surface area contributed by atoms with Crippen molar-refractivity contribution >= 4 is 53.7 Å². The summed E-state index contributed by atoms with van der Waals surface area (Å²) in [5.74, 6) is -6.23. The summed E-state index contributed by atoms with van der Waals surface area (Å²) in [6, 6.07) is 0. The molecule has 0 radical (unpaired) electrons. The van der Waals surface area contributed by atoms with E-state index in [0.717, 1.165) is 41.5 Å². The molecular formula is C39H62O19. The quantitative estimate of drug-likeness (QED) is 0.0920. The Kier molecular flexibility index (Phi) is 24.7. The molecule has 0 bridgehead atoms. The lowest BCUT2D eigenvalue weighted by Gasteiger charge is -2.32. The molecule has 19 heteroatoms. The van der Waals surface area contributed by atoms with E-state index < -0.39 is 108 Å². The van der Waals surface area contributed by atoms with E-state index in [2.05, 4.69) is 0 Å². The first-order valence-electron chi connectivity index (χ1n) is 19.0. The molecule has 19 nitrogen and oxygen atoms in total. The van der Waals surface area contributed by atoms with Gasteiger partial charge in [0.1, 0.15) is 48.8 Å². The standard InChI is InChI=1S/C39H62O19/c1-22(40)50-13-12-31(51-23(2)41)14-32(52-24(3)42)15-33(53-25(4)43)16-34(54-26(5)44)17-35(55-27(6)45)18-36(56-28(7)46)19-37(57-29(8)47)20-38(58-30(9)48)21-39(10,11)49/h31-38,49H,12-21H2,1-11H3. The van der Waals surface area contributed by atoms with E-state index in [1.165, 1.54) is 34.6 Å². The first-order valence-corrected chi connectivity index (χ1v) is 19.0. The molecule has 0 amide bonds. The highest BCUT2D eigenvalue weighted by molar-refractivity contribution is 5.69. The molecule has 0 heterocycles. The molecule has 0 rings (SSSR count). The van der Waals surface area contributed by atoms with E-state index in [1.54, 1.807) is 0 Å². The number of aliphatic hydroxyl groups is 1. The molecule has 1 N–H and O–H groups in total. The predicted molar refractivity (Wildman–Crippen MR) is 199 cm³/mol. The average molecular weight is 835 g/mol. The number of carbonyl (C=O) groups is 9. The van der Waals surface area contributed by atoms with E-state index in [0.29, 0.717) is 0 Å². The summed E-state index contributed by atoms with van der Waals surface area (Å²) in [6.07, 6.45) is -9.41. The van der Waals surface area contributed by atoms with Gasteiger partial charge < -0.3 is 47.7 Å². The number of carbonyl (C=O) groups excluding carboxylic acids is 9. The molecule has 0 fully saturated rings. The molecule has 0 aromatic carbocycles. The molecule has 0 aliphatic carbocycles. The average Bonchev–Trinajstić information content (AvgIpc) is 2.97. The van der Waals surface area contributed by atoms with Crippen molar-refractivity contribution in [3.05, 3.63) is 0 Å². The van der Waals surface area contributed by atoms with Gasteiger partial charge in [-0.1, -0.05) is 0 Å².